The predicted octanol–water partition coefficient (Wildman–Crippen LogP) is 3.45. The molecule has 1 heterocycles. The highest BCUT2D eigenvalue weighted by Crippen LogP contribution is 2.29. The zero-order valence-corrected chi connectivity index (χ0v) is 11.7. The van der Waals surface area contributed by atoms with Gasteiger partial charge in [-0.1, -0.05) is 20.8 Å². The van der Waals surface area contributed by atoms with Crippen LogP contribution in [0.4, 0.5) is 8.78 Å². The van der Waals surface area contributed by atoms with Gasteiger partial charge in [0.05, 0.1) is 5.69 Å². The Labute approximate surface area is 116 Å². The van der Waals surface area contributed by atoms with Crippen LogP contribution in [0.5, 0.6) is 0 Å². The molecule has 0 aliphatic rings. The fraction of sp³-hybridized carbons (Fsp3) is 0.333. The molecule has 0 aliphatic heterocycles. The molecule has 0 saturated carbocycles. The largest absolute Gasteiger partial charge is 0.373 e. The molecule has 1 N–H and O–H groups in total. The minimum Gasteiger partial charge on any atom is -0.373 e. The van der Waals surface area contributed by atoms with Crippen molar-refractivity contribution in [3.05, 3.63) is 48.8 Å². The van der Waals surface area contributed by atoms with Crippen molar-refractivity contribution in [2.75, 3.05) is 0 Å². The molecule has 5 heteroatoms. The molecular formula is C15H17F2N2O. The van der Waals surface area contributed by atoms with E-state index in [1.807, 2.05) is 20.8 Å². The van der Waals surface area contributed by atoms with Crippen LogP contribution in [-0.4, -0.2) is 14.7 Å². The highest BCUT2D eigenvalue weighted by atomic mass is 19.1. The molecule has 2 rings (SSSR count). The number of imidazole rings is 1. The number of hydrogen-bond acceptors (Lipinski definition) is 2. The molecular weight excluding hydrogens is 262 g/mol. The number of nitrogens with zero attached hydrogens (tertiary/aromatic N) is 2. The van der Waals surface area contributed by atoms with Crippen LogP contribution in [0.2, 0.25) is 0 Å². The maximum Gasteiger partial charge on any atom is 0.135 e. The average Bonchev–Trinajstić information content (AvgIpc) is 2.73. The first kappa shape index (κ1) is 14.7. The van der Waals surface area contributed by atoms with Crippen LogP contribution in [0.15, 0.2) is 24.4 Å². The second-order valence-corrected chi connectivity index (χ2v) is 5.71. The topological polar surface area (TPSA) is 38.0 Å². The van der Waals surface area contributed by atoms with Gasteiger partial charge < -0.3 is 9.67 Å². The van der Waals surface area contributed by atoms with Gasteiger partial charge in [0.2, 0.25) is 0 Å². The number of rotatable bonds is 2. The van der Waals surface area contributed by atoms with Crippen LogP contribution < -0.4 is 0 Å². The molecule has 3 nitrogen and oxygen atoms in total. The van der Waals surface area contributed by atoms with E-state index in [0.29, 0.717) is 11.5 Å². The van der Waals surface area contributed by atoms with Crippen molar-refractivity contribution in [1.82, 2.24) is 9.55 Å². The Morgan fingerprint density at radius 3 is 2.40 bits per heavy atom. The summed E-state index contributed by atoms with van der Waals surface area (Å²) in [6, 6.07) is 3.32. The molecule has 107 valence electrons. The molecule has 0 saturated heterocycles. The number of halogens is 2. The molecule has 0 amide bonds. The lowest BCUT2D eigenvalue weighted by Crippen LogP contribution is -2.20. The molecule has 20 heavy (non-hydrogen) atoms. The van der Waals surface area contributed by atoms with Crippen molar-refractivity contribution >= 4 is 0 Å². The van der Waals surface area contributed by atoms with Gasteiger partial charge in [0.15, 0.2) is 0 Å². The first-order chi connectivity index (χ1) is 9.20. The molecule has 2 aromatic rings. The SMILES string of the molecule is [CH2]C(O)n1cc(-c2ccc(F)cc2F)nc1C(C)(C)C. The minimum atomic E-state index is -1.02. The Morgan fingerprint density at radius 2 is 1.95 bits per heavy atom. The number of aliphatic hydroxyl groups is 1. The van der Waals surface area contributed by atoms with E-state index >= 15 is 0 Å². The predicted molar refractivity (Wildman–Crippen MR) is 72.9 cm³/mol. The standard InChI is InChI=1S/C15H17F2N2O/c1-9(20)19-8-13(18-14(19)15(2,3)4)11-6-5-10(16)7-12(11)17/h5-9,20H,1H2,2-4H3. The third-order valence-corrected chi connectivity index (χ3v) is 2.93. The van der Waals surface area contributed by atoms with Gasteiger partial charge in [0.1, 0.15) is 23.7 Å². The van der Waals surface area contributed by atoms with Crippen LogP contribution in [0.1, 0.15) is 32.8 Å². The highest BCUT2D eigenvalue weighted by Gasteiger charge is 2.24. The number of hydrogen-bond donors (Lipinski definition) is 1. The van der Waals surface area contributed by atoms with Crippen LogP contribution >= 0.6 is 0 Å². The smallest absolute Gasteiger partial charge is 0.135 e. The fourth-order valence-electron chi connectivity index (χ4n) is 2.00. The summed E-state index contributed by atoms with van der Waals surface area (Å²) in [5.41, 5.74) is 0.194. The summed E-state index contributed by atoms with van der Waals surface area (Å²) in [5.74, 6) is -0.744. The lowest BCUT2D eigenvalue weighted by molar-refractivity contribution is 0.144. The monoisotopic (exact) mass is 279 g/mol. The van der Waals surface area contributed by atoms with Gasteiger partial charge in [0.25, 0.3) is 0 Å². The van der Waals surface area contributed by atoms with E-state index in [2.05, 4.69) is 11.9 Å². The van der Waals surface area contributed by atoms with Gasteiger partial charge in [-0.3, -0.25) is 0 Å². The maximum absolute atomic E-state index is 13.8. The lowest BCUT2D eigenvalue weighted by atomic mass is 9.95. The minimum absolute atomic E-state index is 0.191. The molecule has 1 atom stereocenters. The van der Waals surface area contributed by atoms with Crippen molar-refractivity contribution in [2.24, 2.45) is 0 Å². The summed E-state index contributed by atoms with van der Waals surface area (Å²) in [4.78, 5) is 4.36. The summed E-state index contributed by atoms with van der Waals surface area (Å²) in [6.45, 7) is 9.34. The fourth-order valence-corrected chi connectivity index (χ4v) is 2.00. The molecule has 0 fully saturated rings. The zero-order chi connectivity index (χ0) is 15.1. The molecule has 0 bridgehead atoms. The molecule has 1 unspecified atom stereocenters. The molecule has 0 aliphatic carbocycles. The number of benzene rings is 1. The average molecular weight is 279 g/mol. The first-order valence-electron chi connectivity index (χ1n) is 6.26. The number of aliphatic hydroxyl groups excluding tert-OH is 1. The van der Waals surface area contributed by atoms with Gasteiger partial charge in [-0.05, 0) is 19.1 Å². The van der Waals surface area contributed by atoms with Crippen LogP contribution in [-0.2, 0) is 5.41 Å². The van der Waals surface area contributed by atoms with E-state index in [1.165, 1.54) is 22.9 Å². The summed E-state index contributed by atoms with van der Waals surface area (Å²) in [6.07, 6.45) is 0.503. The second-order valence-electron chi connectivity index (χ2n) is 5.71. The van der Waals surface area contributed by atoms with E-state index in [-0.39, 0.29) is 11.0 Å². The Kier molecular flexibility index (Phi) is 3.65. The normalized spacial score (nSPS) is 13.6. The summed E-state index contributed by atoms with van der Waals surface area (Å²) < 4.78 is 28.2. The third-order valence-electron chi connectivity index (χ3n) is 2.93. The van der Waals surface area contributed by atoms with Gasteiger partial charge in [-0.2, -0.15) is 0 Å². The van der Waals surface area contributed by atoms with Crippen molar-refractivity contribution in [3.63, 3.8) is 0 Å². The first-order valence-corrected chi connectivity index (χ1v) is 6.26. The van der Waals surface area contributed by atoms with Gasteiger partial charge in [-0.25, -0.2) is 13.8 Å². The quantitative estimate of drug-likeness (QED) is 0.914. The molecule has 1 aromatic heterocycles. The summed E-state index contributed by atoms with van der Waals surface area (Å²) >= 11 is 0. The van der Waals surface area contributed by atoms with Gasteiger partial charge in [0, 0.05) is 23.2 Å². The van der Waals surface area contributed by atoms with E-state index in [9.17, 15) is 13.9 Å². The van der Waals surface area contributed by atoms with Crippen molar-refractivity contribution in [1.29, 1.82) is 0 Å². The lowest BCUT2D eigenvalue weighted by Gasteiger charge is -2.20. The van der Waals surface area contributed by atoms with Crippen molar-refractivity contribution < 1.29 is 13.9 Å². The van der Waals surface area contributed by atoms with E-state index in [0.717, 1.165) is 6.07 Å². The summed E-state index contributed by atoms with van der Waals surface area (Å²) in [5, 5.41) is 9.70. The Morgan fingerprint density at radius 1 is 1.30 bits per heavy atom. The molecule has 1 aromatic carbocycles. The van der Waals surface area contributed by atoms with E-state index < -0.39 is 17.9 Å². The zero-order valence-electron chi connectivity index (χ0n) is 11.7. The second kappa shape index (κ2) is 4.98. The van der Waals surface area contributed by atoms with E-state index in [1.54, 1.807) is 0 Å². The van der Waals surface area contributed by atoms with Crippen LogP contribution in [0.3, 0.4) is 0 Å². The summed E-state index contributed by atoms with van der Waals surface area (Å²) in [7, 11) is 0. The van der Waals surface area contributed by atoms with Crippen molar-refractivity contribution in [3.8, 4) is 11.3 Å². The Hall–Kier alpha value is -1.75. The maximum atomic E-state index is 13.8. The third kappa shape index (κ3) is 2.72. The highest BCUT2D eigenvalue weighted by molar-refractivity contribution is 5.59. The van der Waals surface area contributed by atoms with E-state index in [4.69, 9.17) is 0 Å². The van der Waals surface area contributed by atoms with Gasteiger partial charge in [-0.15, -0.1) is 0 Å². The van der Waals surface area contributed by atoms with Gasteiger partial charge >= 0.3 is 0 Å². The molecule has 1 radical (unpaired) electrons. The number of aromatic nitrogens is 2. The molecule has 0 spiro atoms. The Balaban J connectivity index is 2.59. The van der Waals surface area contributed by atoms with Crippen LogP contribution in [0.25, 0.3) is 11.3 Å². The van der Waals surface area contributed by atoms with Crippen LogP contribution in [0, 0.1) is 18.6 Å². The Bertz CT molecular complexity index is 627. The van der Waals surface area contributed by atoms with Crippen molar-refractivity contribution in [2.45, 2.75) is 32.4 Å².